The zero-order chi connectivity index (χ0) is 46.2. The fraction of sp³-hybridized carbons (Fsp3) is 0.348. The van der Waals surface area contributed by atoms with Crippen LogP contribution in [0.15, 0.2) is 94.6 Å². The Bertz CT molecular complexity index is 2740. The number of alkyl halides is 3. The molecule has 1 unspecified atom stereocenters. The lowest BCUT2D eigenvalue weighted by atomic mass is 10.0. The Kier molecular flexibility index (Phi) is 14.7. The number of unbranched alkanes of at least 4 members (excludes halogenated alkanes) is 4. The number of H-pyrrole nitrogens is 1. The highest BCUT2D eigenvalue weighted by Gasteiger charge is 2.38. The number of nitrogens with one attached hydrogen (secondary N) is 2. The summed E-state index contributed by atoms with van der Waals surface area (Å²) in [6, 6.07) is 21.2. The molecule has 2 heterocycles. The third-order valence-corrected chi connectivity index (χ3v) is 13.1. The van der Waals surface area contributed by atoms with Crippen molar-refractivity contribution in [2.75, 3.05) is 37.2 Å². The first kappa shape index (κ1) is 47.0. The van der Waals surface area contributed by atoms with Crippen molar-refractivity contribution >= 4 is 44.0 Å². The molecule has 1 saturated heterocycles. The molecule has 336 valence electrons. The SMILES string of the molecule is CC(O)(CS(=O)(=O)c1ccc(CCCCCCCC(=O)N2CCN(C(=O)c3cc(Cc4n[nH]c(=O)c5ccccc45)ccc3F)CC2)cc1)C(=O)Nc1ccc(C#N)c(C(F)(F)F)c1. The molecule has 18 heteroatoms. The van der Waals surface area contributed by atoms with Gasteiger partial charge in [-0.1, -0.05) is 55.7 Å². The molecule has 6 rings (SSSR count). The highest BCUT2D eigenvalue weighted by atomic mass is 32.2. The minimum atomic E-state index is -4.88. The van der Waals surface area contributed by atoms with Crippen LogP contribution in [0.3, 0.4) is 0 Å². The van der Waals surface area contributed by atoms with Gasteiger partial charge in [-0.25, -0.2) is 17.9 Å². The van der Waals surface area contributed by atoms with Crippen LogP contribution in [-0.2, 0) is 38.4 Å². The van der Waals surface area contributed by atoms with Crippen molar-refractivity contribution < 1.29 is 45.5 Å². The van der Waals surface area contributed by atoms with Gasteiger partial charge in [0, 0.05) is 50.1 Å². The highest BCUT2D eigenvalue weighted by Crippen LogP contribution is 2.34. The van der Waals surface area contributed by atoms with E-state index in [0.29, 0.717) is 60.4 Å². The summed E-state index contributed by atoms with van der Waals surface area (Å²) in [7, 11) is -4.21. The number of fused-ring (bicyclic) bond motifs is 1. The fourth-order valence-corrected chi connectivity index (χ4v) is 9.16. The number of carbonyl (C=O) groups excluding carboxylic acids is 3. The molecule has 3 N–H and O–H groups in total. The summed E-state index contributed by atoms with van der Waals surface area (Å²) in [5, 5.41) is 29.7. The summed E-state index contributed by atoms with van der Waals surface area (Å²) in [4.78, 5) is 54.4. The Balaban J connectivity index is 0.886. The summed E-state index contributed by atoms with van der Waals surface area (Å²) in [6.07, 6.45) is 0.465. The number of aromatic nitrogens is 2. The number of halogens is 4. The number of sulfone groups is 1. The van der Waals surface area contributed by atoms with Gasteiger partial charge in [-0.15, -0.1) is 0 Å². The van der Waals surface area contributed by atoms with E-state index in [9.17, 15) is 50.3 Å². The molecule has 0 saturated carbocycles. The number of benzene rings is 4. The lowest BCUT2D eigenvalue weighted by Crippen LogP contribution is -2.50. The van der Waals surface area contributed by atoms with Crippen LogP contribution in [0.25, 0.3) is 10.8 Å². The van der Waals surface area contributed by atoms with Gasteiger partial charge in [0.2, 0.25) is 5.91 Å². The normalized spacial score (nSPS) is 14.2. The predicted molar refractivity (Wildman–Crippen MR) is 229 cm³/mol. The van der Waals surface area contributed by atoms with Gasteiger partial charge < -0.3 is 20.2 Å². The number of nitrogens with zero attached hydrogens (tertiary/aromatic N) is 4. The molecule has 1 aromatic heterocycles. The Labute approximate surface area is 366 Å². The van der Waals surface area contributed by atoms with E-state index in [2.05, 4.69) is 15.5 Å². The largest absolute Gasteiger partial charge is 0.417 e. The fourth-order valence-electron chi connectivity index (χ4n) is 7.57. The molecule has 4 aromatic carbocycles. The minimum absolute atomic E-state index is 0.0103. The van der Waals surface area contributed by atoms with E-state index in [1.807, 2.05) is 0 Å². The van der Waals surface area contributed by atoms with Crippen LogP contribution >= 0.6 is 0 Å². The Morgan fingerprint density at radius 2 is 1.50 bits per heavy atom. The number of rotatable bonds is 16. The van der Waals surface area contributed by atoms with E-state index in [0.717, 1.165) is 50.3 Å². The second-order valence-corrected chi connectivity index (χ2v) is 18.0. The molecule has 0 aliphatic carbocycles. The second kappa shape index (κ2) is 19.9. The number of amides is 3. The summed E-state index contributed by atoms with van der Waals surface area (Å²) in [6.45, 7) is 2.15. The Hall–Kier alpha value is -6.45. The monoisotopic (exact) mass is 902 g/mol. The number of aryl methyl sites for hydroxylation is 1. The Morgan fingerprint density at radius 3 is 2.19 bits per heavy atom. The first-order valence-electron chi connectivity index (χ1n) is 20.6. The van der Waals surface area contributed by atoms with Crippen LogP contribution in [0.4, 0.5) is 23.2 Å². The van der Waals surface area contributed by atoms with Gasteiger partial charge in [0.05, 0.1) is 44.5 Å². The molecule has 1 aliphatic rings. The van der Waals surface area contributed by atoms with Crippen LogP contribution in [0.1, 0.15) is 83.8 Å². The average Bonchev–Trinajstić information content (AvgIpc) is 3.27. The predicted octanol–water partition coefficient (Wildman–Crippen LogP) is 6.57. The maximum Gasteiger partial charge on any atom is 0.417 e. The third-order valence-electron chi connectivity index (χ3n) is 11.1. The summed E-state index contributed by atoms with van der Waals surface area (Å²) < 4.78 is 81.2. The van der Waals surface area contributed by atoms with Crippen molar-refractivity contribution in [2.24, 2.45) is 0 Å². The molecule has 64 heavy (non-hydrogen) atoms. The topological polar surface area (TPSA) is 194 Å². The van der Waals surface area contributed by atoms with E-state index >= 15 is 0 Å². The van der Waals surface area contributed by atoms with E-state index in [-0.39, 0.29) is 47.1 Å². The third kappa shape index (κ3) is 11.6. The van der Waals surface area contributed by atoms with Crippen LogP contribution in [0, 0.1) is 17.1 Å². The summed E-state index contributed by atoms with van der Waals surface area (Å²) >= 11 is 0. The molecule has 1 aliphatic heterocycles. The molecule has 0 radical (unpaired) electrons. The van der Waals surface area contributed by atoms with Crippen molar-refractivity contribution in [1.29, 1.82) is 5.26 Å². The van der Waals surface area contributed by atoms with Gasteiger partial charge >= 0.3 is 6.18 Å². The molecule has 1 atom stereocenters. The number of aromatic amines is 1. The van der Waals surface area contributed by atoms with E-state index in [1.54, 1.807) is 52.3 Å². The number of hydrogen-bond donors (Lipinski definition) is 3. The van der Waals surface area contributed by atoms with E-state index < -0.39 is 56.1 Å². The number of piperazine rings is 1. The lowest BCUT2D eigenvalue weighted by Gasteiger charge is -2.35. The van der Waals surface area contributed by atoms with Crippen molar-refractivity contribution in [2.45, 2.75) is 75.0 Å². The number of nitriles is 1. The first-order valence-corrected chi connectivity index (χ1v) is 22.3. The van der Waals surface area contributed by atoms with Gasteiger partial charge in [-0.3, -0.25) is 19.2 Å². The highest BCUT2D eigenvalue weighted by molar-refractivity contribution is 7.91. The lowest BCUT2D eigenvalue weighted by molar-refractivity contribution is -0.138. The van der Waals surface area contributed by atoms with Crippen LogP contribution in [0.2, 0.25) is 0 Å². The van der Waals surface area contributed by atoms with Crippen LogP contribution < -0.4 is 10.9 Å². The number of aliphatic hydroxyl groups is 1. The van der Waals surface area contributed by atoms with Gasteiger partial charge in [-0.2, -0.15) is 23.5 Å². The quantitative estimate of drug-likeness (QED) is 0.0725. The van der Waals surface area contributed by atoms with Gasteiger partial charge in [-0.05, 0) is 85.8 Å². The molecule has 5 aromatic rings. The minimum Gasteiger partial charge on any atom is -0.379 e. The number of hydrogen-bond acceptors (Lipinski definition) is 9. The second-order valence-electron chi connectivity index (χ2n) is 16.0. The molecule has 1 fully saturated rings. The smallest absolute Gasteiger partial charge is 0.379 e. The maximum absolute atomic E-state index is 14.9. The van der Waals surface area contributed by atoms with Crippen molar-refractivity contribution in [3.05, 3.63) is 135 Å². The molecule has 0 bridgehead atoms. The molecule has 0 spiro atoms. The first-order chi connectivity index (χ1) is 30.4. The van der Waals surface area contributed by atoms with E-state index in [1.165, 1.54) is 30.3 Å². The molecular formula is C46H46F4N6O7S. The summed E-state index contributed by atoms with van der Waals surface area (Å²) in [5.74, 6) is -3.40. The van der Waals surface area contributed by atoms with Gasteiger partial charge in [0.1, 0.15) is 5.82 Å². The standard InChI is InChI=1S/C46H46F4N6O7S/c1-45(61,44(60)52-33-17-16-32(28-51)38(27-33)46(48,49)50)29-64(62,63)34-18-13-30(14-19-34)9-5-3-2-4-6-12-41(57)55-21-23-56(24-22-55)43(59)37-25-31(15-20-39(37)47)26-40-35-10-7-8-11-36(35)42(58)54-53-40/h7-8,10-11,13-20,25,27,61H,2-6,9,12,21-24,26,29H2,1H3,(H,52,60)(H,54,58). The van der Waals surface area contributed by atoms with Gasteiger partial charge in [0.15, 0.2) is 15.4 Å². The van der Waals surface area contributed by atoms with E-state index in [4.69, 9.17) is 5.26 Å². The average molecular weight is 903 g/mol. The summed E-state index contributed by atoms with van der Waals surface area (Å²) in [5.41, 5.74) is -3.10. The molecular weight excluding hydrogens is 857 g/mol. The van der Waals surface area contributed by atoms with Crippen LogP contribution in [-0.4, -0.2) is 88.8 Å². The number of anilines is 1. The Morgan fingerprint density at radius 1 is 0.859 bits per heavy atom. The maximum atomic E-state index is 14.9. The number of carbonyl (C=O) groups is 3. The van der Waals surface area contributed by atoms with Crippen molar-refractivity contribution in [3.63, 3.8) is 0 Å². The van der Waals surface area contributed by atoms with Crippen LogP contribution in [0.5, 0.6) is 0 Å². The molecule has 13 nitrogen and oxygen atoms in total. The van der Waals surface area contributed by atoms with Gasteiger partial charge in [0.25, 0.3) is 17.4 Å². The zero-order valence-corrected chi connectivity index (χ0v) is 35.7. The van der Waals surface area contributed by atoms with Crippen molar-refractivity contribution in [1.82, 2.24) is 20.0 Å². The zero-order valence-electron chi connectivity index (χ0n) is 34.9. The van der Waals surface area contributed by atoms with Crippen molar-refractivity contribution in [3.8, 4) is 6.07 Å². The molecule has 3 amide bonds.